The second kappa shape index (κ2) is 7.06. The lowest BCUT2D eigenvalue weighted by atomic mass is 9.98. The molecule has 0 saturated carbocycles. The van der Waals surface area contributed by atoms with Crippen LogP contribution >= 0.6 is 0 Å². The summed E-state index contributed by atoms with van der Waals surface area (Å²) >= 11 is 0. The van der Waals surface area contributed by atoms with Crippen LogP contribution in [0.3, 0.4) is 0 Å². The zero-order valence-corrected chi connectivity index (χ0v) is 12.4. The number of ether oxygens (including phenoxy) is 1. The Kier molecular flexibility index (Phi) is 5.13. The number of aromatic nitrogens is 1. The van der Waals surface area contributed by atoms with Crippen molar-refractivity contribution in [3.8, 4) is 17.0 Å². The lowest BCUT2D eigenvalue weighted by molar-refractivity contribution is 0.414. The highest BCUT2D eigenvalue weighted by atomic mass is 16.5. The first kappa shape index (κ1) is 14.5. The van der Waals surface area contributed by atoms with Gasteiger partial charge in [0, 0.05) is 17.8 Å². The highest BCUT2D eigenvalue weighted by Crippen LogP contribution is 2.32. The molecule has 3 heteroatoms. The average molecular weight is 270 g/mol. The van der Waals surface area contributed by atoms with Crippen LogP contribution in [0.25, 0.3) is 11.3 Å². The third kappa shape index (κ3) is 3.17. The summed E-state index contributed by atoms with van der Waals surface area (Å²) in [5.74, 6) is 0.808. The summed E-state index contributed by atoms with van der Waals surface area (Å²) < 4.78 is 5.43. The van der Waals surface area contributed by atoms with Crippen LogP contribution in [0.15, 0.2) is 42.6 Å². The molecule has 1 heterocycles. The fourth-order valence-corrected chi connectivity index (χ4v) is 2.32. The molecule has 3 nitrogen and oxygen atoms in total. The van der Waals surface area contributed by atoms with Crippen LogP contribution in [0.2, 0.25) is 0 Å². The maximum absolute atomic E-state index is 5.43. The van der Waals surface area contributed by atoms with Gasteiger partial charge < -0.3 is 10.1 Å². The van der Waals surface area contributed by atoms with Crippen LogP contribution in [-0.4, -0.2) is 18.6 Å². The fraction of sp³-hybridized carbons (Fsp3) is 0.353. The van der Waals surface area contributed by atoms with E-state index >= 15 is 0 Å². The number of hydrogen-bond acceptors (Lipinski definition) is 3. The normalized spacial score (nSPS) is 12.2. The Balaban J connectivity index is 2.41. The van der Waals surface area contributed by atoms with E-state index < -0.39 is 0 Å². The molecule has 1 unspecified atom stereocenters. The molecule has 106 valence electrons. The molecule has 0 aliphatic carbocycles. The third-order valence-electron chi connectivity index (χ3n) is 3.37. The Bertz CT molecular complexity index is 554. The first-order chi connectivity index (χ1) is 9.77. The van der Waals surface area contributed by atoms with Crippen molar-refractivity contribution in [2.24, 2.45) is 0 Å². The molecule has 1 atom stereocenters. The molecule has 2 aromatic rings. The van der Waals surface area contributed by atoms with Gasteiger partial charge in [-0.05, 0) is 37.6 Å². The molecule has 0 saturated heterocycles. The van der Waals surface area contributed by atoms with E-state index in [9.17, 15) is 0 Å². The monoisotopic (exact) mass is 270 g/mol. The summed E-state index contributed by atoms with van der Waals surface area (Å²) in [5.41, 5.74) is 3.27. The number of methoxy groups -OCH3 is 1. The van der Waals surface area contributed by atoms with Gasteiger partial charge in [-0.25, -0.2) is 0 Å². The van der Waals surface area contributed by atoms with Crippen molar-refractivity contribution < 1.29 is 4.74 Å². The lowest BCUT2D eigenvalue weighted by Gasteiger charge is -2.18. The molecule has 0 spiro atoms. The number of benzene rings is 1. The van der Waals surface area contributed by atoms with Gasteiger partial charge in [0.15, 0.2) is 0 Å². The molecule has 1 N–H and O–H groups in total. The summed E-state index contributed by atoms with van der Waals surface area (Å²) in [4.78, 5) is 4.49. The molecule has 0 fully saturated rings. The van der Waals surface area contributed by atoms with Gasteiger partial charge in [-0.2, -0.15) is 0 Å². The van der Waals surface area contributed by atoms with E-state index in [1.165, 1.54) is 5.56 Å². The SMILES string of the molecule is CCCNC(C)c1ccccc1-c1ncccc1OC. The molecule has 0 aliphatic rings. The topological polar surface area (TPSA) is 34.2 Å². The van der Waals surface area contributed by atoms with E-state index in [1.54, 1.807) is 13.3 Å². The van der Waals surface area contributed by atoms with Gasteiger partial charge in [0.1, 0.15) is 11.4 Å². The maximum atomic E-state index is 5.43. The number of nitrogens with one attached hydrogen (secondary N) is 1. The Morgan fingerprint density at radius 2 is 2.00 bits per heavy atom. The predicted molar refractivity (Wildman–Crippen MR) is 82.9 cm³/mol. The molecule has 0 amide bonds. The fourth-order valence-electron chi connectivity index (χ4n) is 2.32. The average Bonchev–Trinajstić information content (AvgIpc) is 2.52. The van der Waals surface area contributed by atoms with Crippen molar-refractivity contribution in [1.82, 2.24) is 10.3 Å². The number of rotatable bonds is 6. The van der Waals surface area contributed by atoms with Gasteiger partial charge in [-0.15, -0.1) is 0 Å². The quantitative estimate of drug-likeness (QED) is 0.866. The lowest BCUT2D eigenvalue weighted by Crippen LogP contribution is -2.20. The van der Waals surface area contributed by atoms with Crippen LogP contribution in [0.1, 0.15) is 31.9 Å². The minimum absolute atomic E-state index is 0.290. The zero-order chi connectivity index (χ0) is 14.4. The molecule has 0 aliphatic heterocycles. The summed E-state index contributed by atoms with van der Waals surface area (Å²) in [5, 5.41) is 3.53. The van der Waals surface area contributed by atoms with E-state index in [2.05, 4.69) is 42.3 Å². The molecule has 2 rings (SSSR count). The van der Waals surface area contributed by atoms with E-state index in [4.69, 9.17) is 4.74 Å². The Labute approximate surface area is 121 Å². The minimum Gasteiger partial charge on any atom is -0.494 e. The smallest absolute Gasteiger partial charge is 0.145 e. The molecule has 0 radical (unpaired) electrons. The van der Waals surface area contributed by atoms with Crippen LogP contribution in [0.4, 0.5) is 0 Å². The summed E-state index contributed by atoms with van der Waals surface area (Å²) in [6.45, 7) is 5.37. The molecule has 0 bridgehead atoms. The van der Waals surface area contributed by atoms with Crippen LogP contribution in [-0.2, 0) is 0 Å². The van der Waals surface area contributed by atoms with Crippen LogP contribution in [0.5, 0.6) is 5.75 Å². The van der Waals surface area contributed by atoms with Gasteiger partial charge in [-0.1, -0.05) is 31.2 Å². The van der Waals surface area contributed by atoms with Crippen molar-refractivity contribution in [3.05, 3.63) is 48.2 Å². The minimum atomic E-state index is 0.290. The van der Waals surface area contributed by atoms with Gasteiger partial charge in [0.25, 0.3) is 0 Å². The summed E-state index contributed by atoms with van der Waals surface area (Å²) in [7, 11) is 1.68. The van der Waals surface area contributed by atoms with Gasteiger partial charge >= 0.3 is 0 Å². The van der Waals surface area contributed by atoms with E-state index in [0.29, 0.717) is 0 Å². The second-order valence-electron chi connectivity index (χ2n) is 4.82. The number of hydrogen-bond donors (Lipinski definition) is 1. The number of pyridine rings is 1. The molecule has 1 aromatic heterocycles. The number of nitrogens with zero attached hydrogens (tertiary/aromatic N) is 1. The molecular formula is C17H22N2O. The Morgan fingerprint density at radius 3 is 2.75 bits per heavy atom. The maximum Gasteiger partial charge on any atom is 0.145 e. The first-order valence-corrected chi connectivity index (χ1v) is 7.09. The molecular weight excluding hydrogens is 248 g/mol. The molecule has 1 aromatic carbocycles. The van der Waals surface area contributed by atoms with E-state index in [-0.39, 0.29) is 6.04 Å². The van der Waals surface area contributed by atoms with Crippen LogP contribution in [0, 0.1) is 0 Å². The van der Waals surface area contributed by atoms with Gasteiger partial charge in [0.2, 0.25) is 0 Å². The van der Waals surface area contributed by atoms with E-state index in [0.717, 1.165) is 30.0 Å². The highest BCUT2D eigenvalue weighted by molar-refractivity contribution is 5.70. The zero-order valence-electron chi connectivity index (χ0n) is 12.4. The predicted octanol–water partition coefficient (Wildman–Crippen LogP) is 3.82. The van der Waals surface area contributed by atoms with Crippen molar-refractivity contribution in [3.63, 3.8) is 0 Å². The van der Waals surface area contributed by atoms with Crippen molar-refractivity contribution in [2.75, 3.05) is 13.7 Å². The highest BCUT2D eigenvalue weighted by Gasteiger charge is 2.14. The standard InChI is InChI=1S/C17H22N2O/c1-4-11-18-13(2)14-8-5-6-9-15(14)17-16(20-3)10-7-12-19-17/h5-10,12-13,18H,4,11H2,1-3H3. The first-order valence-electron chi connectivity index (χ1n) is 7.09. The van der Waals surface area contributed by atoms with Crippen molar-refractivity contribution in [2.45, 2.75) is 26.3 Å². The van der Waals surface area contributed by atoms with Gasteiger partial charge in [0.05, 0.1) is 7.11 Å². The third-order valence-corrected chi connectivity index (χ3v) is 3.37. The molecule has 20 heavy (non-hydrogen) atoms. The van der Waals surface area contributed by atoms with Crippen molar-refractivity contribution >= 4 is 0 Å². The summed E-state index contributed by atoms with van der Waals surface area (Å²) in [6, 6.07) is 12.5. The van der Waals surface area contributed by atoms with Gasteiger partial charge in [-0.3, -0.25) is 4.98 Å². The Morgan fingerprint density at radius 1 is 1.20 bits per heavy atom. The largest absolute Gasteiger partial charge is 0.494 e. The van der Waals surface area contributed by atoms with Crippen molar-refractivity contribution in [1.29, 1.82) is 0 Å². The summed E-state index contributed by atoms with van der Waals surface area (Å²) in [6.07, 6.45) is 2.93. The second-order valence-corrected chi connectivity index (χ2v) is 4.82. The van der Waals surface area contributed by atoms with E-state index in [1.807, 2.05) is 18.2 Å². The Hall–Kier alpha value is -1.87. The van der Waals surface area contributed by atoms with Crippen LogP contribution < -0.4 is 10.1 Å².